The maximum Gasteiger partial charge on any atom is 0.121 e. The first kappa shape index (κ1) is 13.1. The first-order valence-corrected chi connectivity index (χ1v) is 6.97. The monoisotopic (exact) mass is 248 g/mol. The van der Waals surface area contributed by atoms with Crippen molar-refractivity contribution in [3.8, 4) is 5.75 Å². The molecule has 3 N–H and O–H groups in total. The van der Waals surface area contributed by atoms with Gasteiger partial charge in [0.2, 0.25) is 0 Å². The van der Waals surface area contributed by atoms with Crippen LogP contribution in [0.3, 0.4) is 0 Å². The van der Waals surface area contributed by atoms with Crippen LogP contribution >= 0.6 is 0 Å². The summed E-state index contributed by atoms with van der Waals surface area (Å²) in [6.07, 6.45) is 8.29. The van der Waals surface area contributed by atoms with E-state index in [4.69, 9.17) is 10.5 Å². The highest BCUT2D eigenvalue weighted by atomic mass is 16.5. The summed E-state index contributed by atoms with van der Waals surface area (Å²) in [6, 6.07) is 5.74. The number of methoxy groups -OCH3 is 1. The highest BCUT2D eigenvalue weighted by Crippen LogP contribution is 2.29. The third-order valence-electron chi connectivity index (χ3n) is 3.84. The minimum atomic E-state index is 0.789. The van der Waals surface area contributed by atoms with Gasteiger partial charge in [-0.3, -0.25) is 0 Å². The third-order valence-corrected chi connectivity index (χ3v) is 3.84. The Balaban J connectivity index is 1.75. The van der Waals surface area contributed by atoms with Crippen LogP contribution in [-0.2, 0) is 0 Å². The molecule has 0 saturated heterocycles. The summed E-state index contributed by atoms with van der Waals surface area (Å²) in [6.45, 7) is 0.994. The summed E-state index contributed by atoms with van der Waals surface area (Å²) in [5.74, 6) is 1.82. The van der Waals surface area contributed by atoms with Crippen molar-refractivity contribution in [2.24, 2.45) is 5.92 Å². The van der Waals surface area contributed by atoms with Crippen LogP contribution in [0.15, 0.2) is 18.2 Å². The van der Waals surface area contributed by atoms with E-state index < -0.39 is 0 Å². The van der Waals surface area contributed by atoms with E-state index in [1.807, 2.05) is 18.2 Å². The van der Waals surface area contributed by atoms with E-state index in [-0.39, 0.29) is 0 Å². The Hall–Kier alpha value is -1.38. The van der Waals surface area contributed by atoms with Gasteiger partial charge in [-0.25, -0.2) is 0 Å². The second-order valence-electron chi connectivity index (χ2n) is 5.17. The van der Waals surface area contributed by atoms with Crippen LogP contribution in [0.4, 0.5) is 11.4 Å². The Morgan fingerprint density at radius 2 is 2.11 bits per heavy atom. The number of benzene rings is 1. The molecule has 1 aliphatic rings. The predicted molar refractivity (Wildman–Crippen MR) is 77.1 cm³/mol. The van der Waals surface area contributed by atoms with E-state index in [2.05, 4.69) is 5.32 Å². The van der Waals surface area contributed by atoms with Gasteiger partial charge in [-0.2, -0.15) is 0 Å². The minimum absolute atomic E-state index is 0.789. The van der Waals surface area contributed by atoms with E-state index in [9.17, 15) is 0 Å². The molecule has 1 aromatic rings. The smallest absolute Gasteiger partial charge is 0.121 e. The highest BCUT2D eigenvalue weighted by Gasteiger charge is 2.13. The number of rotatable bonds is 6. The Morgan fingerprint density at radius 3 is 2.83 bits per heavy atom. The molecule has 0 aliphatic heterocycles. The van der Waals surface area contributed by atoms with E-state index in [0.717, 1.165) is 29.6 Å². The molecule has 0 bridgehead atoms. The topological polar surface area (TPSA) is 47.3 Å². The Kier molecular flexibility index (Phi) is 4.73. The van der Waals surface area contributed by atoms with Crippen molar-refractivity contribution in [2.75, 3.05) is 24.7 Å². The van der Waals surface area contributed by atoms with Crippen LogP contribution in [0.5, 0.6) is 5.75 Å². The van der Waals surface area contributed by atoms with Gasteiger partial charge in [-0.1, -0.05) is 25.7 Å². The lowest BCUT2D eigenvalue weighted by Gasteiger charge is -2.12. The molecular weight excluding hydrogens is 224 g/mol. The van der Waals surface area contributed by atoms with Gasteiger partial charge in [-0.05, 0) is 30.9 Å². The molecule has 100 valence electrons. The molecule has 0 radical (unpaired) electrons. The average Bonchev–Trinajstić information content (AvgIpc) is 2.89. The molecular formula is C15H24N2O. The van der Waals surface area contributed by atoms with Crippen LogP contribution in [0, 0.1) is 5.92 Å². The van der Waals surface area contributed by atoms with Crippen LogP contribution in [0.2, 0.25) is 0 Å². The number of nitrogen functional groups attached to an aromatic ring is 1. The van der Waals surface area contributed by atoms with Crippen molar-refractivity contribution in [1.29, 1.82) is 0 Å². The largest absolute Gasteiger partial charge is 0.497 e. The summed E-state index contributed by atoms with van der Waals surface area (Å²) in [5.41, 5.74) is 7.71. The SMILES string of the molecule is COc1ccc(N)c(NCCCC2CCCC2)c1. The lowest BCUT2D eigenvalue weighted by molar-refractivity contribution is 0.415. The van der Waals surface area contributed by atoms with Gasteiger partial charge in [0.1, 0.15) is 5.75 Å². The fraction of sp³-hybridized carbons (Fsp3) is 0.600. The van der Waals surface area contributed by atoms with Crippen LogP contribution < -0.4 is 15.8 Å². The zero-order valence-electron chi connectivity index (χ0n) is 11.2. The third kappa shape index (κ3) is 3.56. The van der Waals surface area contributed by atoms with E-state index >= 15 is 0 Å². The van der Waals surface area contributed by atoms with Crippen molar-refractivity contribution in [3.63, 3.8) is 0 Å². The van der Waals surface area contributed by atoms with Crippen molar-refractivity contribution < 1.29 is 4.74 Å². The summed E-state index contributed by atoms with van der Waals surface area (Å²) < 4.78 is 5.20. The number of anilines is 2. The summed E-state index contributed by atoms with van der Waals surface area (Å²) in [7, 11) is 1.68. The number of hydrogen-bond donors (Lipinski definition) is 2. The van der Waals surface area contributed by atoms with Gasteiger partial charge < -0.3 is 15.8 Å². The van der Waals surface area contributed by atoms with Gasteiger partial charge in [0, 0.05) is 12.6 Å². The maximum atomic E-state index is 5.93. The van der Waals surface area contributed by atoms with Crippen molar-refractivity contribution in [3.05, 3.63) is 18.2 Å². The Bertz CT molecular complexity index is 373. The fourth-order valence-electron chi connectivity index (χ4n) is 2.73. The van der Waals surface area contributed by atoms with Crippen molar-refractivity contribution in [2.45, 2.75) is 38.5 Å². The Labute approximate surface area is 110 Å². The van der Waals surface area contributed by atoms with Crippen LogP contribution in [-0.4, -0.2) is 13.7 Å². The lowest BCUT2D eigenvalue weighted by Crippen LogP contribution is -2.06. The molecule has 1 saturated carbocycles. The standard InChI is InChI=1S/C15H24N2O/c1-18-13-8-9-14(16)15(11-13)17-10-4-7-12-5-2-3-6-12/h8-9,11-12,17H,2-7,10,16H2,1H3. The zero-order chi connectivity index (χ0) is 12.8. The Morgan fingerprint density at radius 1 is 1.33 bits per heavy atom. The van der Waals surface area contributed by atoms with E-state index in [1.165, 1.54) is 38.5 Å². The molecule has 3 heteroatoms. The second-order valence-corrected chi connectivity index (χ2v) is 5.17. The summed E-state index contributed by atoms with van der Waals surface area (Å²) in [4.78, 5) is 0. The van der Waals surface area contributed by atoms with Gasteiger partial charge in [0.05, 0.1) is 18.5 Å². The van der Waals surface area contributed by atoms with E-state index in [0.29, 0.717) is 0 Å². The van der Waals surface area contributed by atoms with Crippen LogP contribution in [0.1, 0.15) is 38.5 Å². The first-order valence-electron chi connectivity index (χ1n) is 6.97. The second kappa shape index (κ2) is 6.53. The number of hydrogen-bond acceptors (Lipinski definition) is 3. The summed E-state index contributed by atoms with van der Waals surface area (Å²) >= 11 is 0. The van der Waals surface area contributed by atoms with Gasteiger partial charge in [0.15, 0.2) is 0 Å². The molecule has 0 aromatic heterocycles. The fourth-order valence-corrected chi connectivity index (χ4v) is 2.73. The molecule has 3 nitrogen and oxygen atoms in total. The molecule has 1 aromatic carbocycles. The molecule has 2 rings (SSSR count). The quantitative estimate of drug-likeness (QED) is 0.596. The zero-order valence-corrected chi connectivity index (χ0v) is 11.2. The number of nitrogens with two attached hydrogens (primary N) is 1. The van der Waals surface area contributed by atoms with E-state index in [1.54, 1.807) is 7.11 Å². The number of nitrogens with one attached hydrogen (secondary N) is 1. The molecule has 1 aliphatic carbocycles. The molecule has 1 fully saturated rings. The average molecular weight is 248 g/mol. The van der Waals surface area contributed by atoms with Gasteiger partial charge in [0.25, 0.3) is 0 Å². The molecule has 18 heavy (non-hydrogen) atoms. The van der Waals surface area contributed by atoms with Crippen molar-refractivity contribution in [1.82, 2.24) is 0 Å². The lowest BCUT2D eigenvalue weighted by atomic mass is 10.0. The molecule has 0 amide bonds. The maximum absolute atomic E-state index is 5.93. The van der Waals surface area contributed by atoms with Gasteiger partial charge in [-0.15, -0.1) is 0 Å². The first-order chi connectivity index (χ1) is 8.79. The van der Waals surface area contributed by atoms with Crippen LogP contribution in [0.25, 0.3) is 0 Å². The summed E-state index contributed by atoms with van der Waals surface area (Å²) in [5, 5.41) is 3.41. The highest BCUT2D eigenvalue weighted by molar-refractivity contribution is 5.68. The molecule has 0 atom stereocenters. The molecule has 0 heterocycles. The van der Waals surface area contributed by atoms with Gasteiger partial charge >= 0.3 is 0 Å². The normalized spacial score (nSPS) is 15.8. The van der Waals surface area contributed by atoms with Crippen molar-refractivity contribution >= 4 is 11.4 Å². The minimum Gasteiger partial charge on any atom is -0.497 e. The predicted octanol–water partition coefficient (Wildman–Crippen LogP) is 3.66. The number of ether oxygens (including phenoxy) is 1. The molecule has 0 spiro atoms. The molecule has 0 unspecified atom stereocenters.